The van der Waals surface area contributed by atoms with Crippen LogP contribution >= 0.6 is 11.8 Å². The molecule has 1 saturated heterocycles. The Morgan fingerprint density at radius 3 is 1.89 bits per heavy atom. The molecule has 0 aromatic heterocycles. The van der Waals surface area contributed by atoms with Gasteiger partial charge in [0.25, 0.3) is 5.97 Å². The third-order valence-corrected chi connectivity index (χ3v) is 1.98. The molecule has 0 saturated carbocycles. The molecule has 54 valence electrons. The smallest absolute Gasteiger partial charge is 0.300 e. The number of aliphatic carboxylic acids is 1. The third kappa shape index (κ3) is 11.4. The van der Waals surface area contributed by atoms with Gasteiger partial charge in [0.1, 0.15) is 0 Å². The lowest BCUT2D eigenvalue weighted by Crippen LogP contribution is -1.78. The summed E-state index contributed by atoms with van der Waals surface area (Å²) in [7, 11) is 0. The van der Waals surface area contributed by atoms with E-state index in [2.05, 4.69) is 11.8 Å². The summed E-state index contributed by atoms with van der Waals surface area (Å²) in [4.78, 5) is 9.00. The lowest BCUT2D eigenvalue weighted by molar-refractivity contribution is -0.134. The average Bonchev–Trinajstić information content (AvgIpc) is 2.11. The molecule has 1 rings (SSSR count). The van der Waals surface area contributed by atoms with E-state index in [-0.39, 0.29) is 0 Å². The van der Waals surface area contributed by atoms with Crippen LogP contribution in [0.25, 0.3) is 0 Å². The van der Waals surface area contributed by atoms with E-state index in [0.29, 0.717) is 0 Å². The normalized spacial score (nSPS) is 16.1. The first-order valence-corrected chi connectivity index (χ1v) is 4.16. The van der Waals surface area contributed by atoms with E-state index < -0.39 is 5.97 Å². The standard InChI is InChI=1S/C4H8S.C2H4O2/c1-2-4-5-3-1;1-2(3)4/h1-4H2;1H3,(H,3,4). The molecule has 0 aromatic rings. The molecule has 1 fully saturated rings. The number of carboxylic acid groups (broad SMARTS) is 1. The summed E-state index contributed by atoms with van der Waals surface area (Å²) in [6.45, 7) is 1.08. The molecule has 0 bridgehead atoms. The van der Waals surface area contributed by atoms with Gasteiger partial charge in [-0.25, -0.2) is 0 Å². The summed E-state index contributed by atoms with van der Waals surface area (Å²) < 4.78 is 0. The van der Waals surface area contributed by atoms with Crippen LogP contribution in [0, 0.1) is 0 Å². The highest BCUT2D eigenvalue weighted by Crippen LogP contribution is 2.14. The Balaban J connectivity index is 0.000000148. The first-order chi connectivity index (χ1) is 4.23. The summed E-state index contributed by atoms with van der Waals surface area (Å²) in [5, 5.41) is 7.42. The summed E-state index contributed by atoms with van der Waals surface area (Å²) >= 11 is 2.07. The number of hydrogen-bond donors (Lipinski definition) is 1. The Bertz CT molecular complexity index is 67.5. The fourth-order valence-electron chi connectivity index (χ4n) is 0.510. The zero-order valence-corrected chi connectivity index (χ0v) is 6.41. The highest BCUT2D eigenvalue weighted by Gasteiger charge is 1.95. The topological polar surface area (TPSA) is 37.3 Å². The summed E-state index contributed by atoms with van der Waals surface area (Å²) in [5.74, 6) is 2.00. The number of carboxylic acids is 1. The summed E-state index contributed by atoms with van der Waals surface area (Å²) in [6.07, 6.45) is 2.93. The second-order valence-corrected chi connectivity index (χ2v) is 3.06. The molecule has 9 heavy (non-hydrogen) atoms. The van der Waals surface area contributed by atoms with Crippen molar-refractivity contribution >= 4 is 17.7 Å². The van der Waals surface area contributed by atoms with Crippen molar-refractivity contribution in [1.82, 2.24) is 0 Å². The van der Waals surface area contributed by atoms with Crippen molar-refractivity contribution in [1.29, 1.82) is 0 Å². The van der Waals surface area contributed by atoms with Gasteiger partial charge in [0.05, 0.1) is 0 Å². The lowest BCUT2D eigenvalue weighted by atomic mass is 10.4. The van der Waals surface area contributed by atoms with Crippen molar-refractivity contribution in [3.63, 3.8) is 0 Å². The van der Waals surface area contributed by atoms with E-state index in [4.69, 9.17) is 9.90 Å². The zero-order chi connectivity index (χ0) is 7.11. The number of hydrogen-bond acceptors (Lipinski definition) is 2. The van der Waals surface area contributed by atoms with Gasteiger partial charge in [0.2, 0.25) is 0 Å². The van der Waals surface area contributed by atoms with Gasteiger partial charge in [-0.3, -0.25) is 4.79 Å². The Hall–Kier alpha value is -0.180. The minimum Gasteiger partial charge on any atom is -0.481 e. The molecule has 0 aliphatic carbocycles. The maximum atomic E-state index is 9.00. The minimum atomic E-state index is -0.833. The molecule has 0 spiro atoms. The predicted octanol–water partition coefficient (Wildman–Crippen LogP) is 1.60. The van der Waals surface area contributed by atoms with Crippen molar-refractivity contribution in [2.75, 3.05) is 11.5 Å². The molecular formula is C6H12O2S. The summed E-state index contributed by atoms with van der Waals surface area (Å²) in [6, 6.07) is 0. The predicted molar refractivity (Wildman–Crippen MR) is 39.9 cm³/mol. The molecule has 0 unspecified atom stereocenters. The van der Waals surface area contributed by atoms with E-state index in [1.807, 2.05) is 0 Å². The van der Waals surface area contributed by atoms with Crippen LogP contribution in [0.3, 0.4) is 0 Å². The van der Waals surface area contributed by atoms with Gasteiger partial charge in [-0.1, -0.05) is 0 Å². The van der Waals surface area contributed by atoms with E-state index in [1.165, 1.54) is 24.3 Å². The minimum absolute atomic E-state index is 0.833. The highest BCUT2D eigenvalue weighted by molar-refractivity contribution is 7.99. The fourth-order valence-corrected chi connectivity index (χ4v) is 1.53. The molecule has 1 N–H and O–H groups in total. The first kappa shape index (κ1) is 8.82. The molecule has 1 heterocycles. The van der Waals surface area contributed by atoms with Crippen LogP contribution in [0.1, 0.15) is 19.8 Å². The van der Waals surface area contributed by atoms with Gasteiger partial charge in [-0.05, 0) is 24.3 Å². The molecule has 1 aliphatic rings. The molecule has 0 atom stereocenters. The van der Waals surface area contributed by atoms with Crippen molar-refractivity contribution in [3.8, 4) is 0 Å². The van der Waals surface area contributed by atoms with E-state index in [0.717, 1.165) is 6.92 Å². The Labute approximate surface area is 59.6 Å². The highest BCUT2D eigenvalue weighted by atomic mass is 32.2. The van der Waals surface area contributed by atoms with Gasteiger partial charge < -0.3 is 5.11 Å². The maximum Gasteiger partial charge on any atom is 0.300 e. The average molecular weight is 148 g/mol. The SMILES string of the molecule is C1CCSC1.CC(=O)O. The lowest BCUT2D eigenvalue weighted by Gasteiger charge is -1.69. The Morgan fingerprint density at radius 2 is 1.78 bits per heavy atom. The zero-order valence-electron chi connectivity index (χ0n) is 5.59. The van der Waals surface area contributed by atoms with Crippen molar-refractivity contribution < 1.29 is 9.90 Å². The number of carbonyl (C=O) groups is 1. The quantitative estimate of drug-likeness (QED) is 0.567. The fraction of sp³-hybridized carbons (Fsp3) is 0.833. The maximum absolute atomic E-state index is 9.00. The second-order valence-electron chi connectivity index (χ2n) is 1.84. The Morgan fingerprint density at radius 1 is 1.44 bits per heavy atom. The monoisotopic (exact) mass is 148 g/mol. The van der Waals surface area contributed by atoms with Crippen LogP contribution in [0.15, 0.2) is 0 Å². The van der Waals surface area contributed by atoms with Gasteiger partial charge in [0.15, 0.2) is 0 Å². The van der Waals surface area contributed by atoms with Gasteiger partial charge in [-0.15, -0.1) is 0 Å². The summed E-state index contributed by atoms with van der Waals surface area (Å²) in [5.41, 5.74) is 0. The van der Waals surface area contributed by atoms with Crippen LogP contribution in [-0.4, -0.2) is 22.6 Å². The molecule has 0 amide bonds. The molecule has 1 aliphatic heterocycles. The van der Waals surface area contributed by atoms with Crippen molar-refractivity contribution in [2.24, 2.45) is 0 Å². The molecule has 0 aromatic carbocycles. The number of thioether (sulfide) groups is 1. The van der Waals surface area contributed by atoms with E-state index >= 15 is 0 Å². The second kappa shape index (κ2) is 5.95. The van der Waals surface area contributed by atoms with Crippen LogP contribution in [0.4, 0.5) is 0 Å². The van der Waals surface area contributed by atoms with Crippen LogP contribution < -0.4 is 0 Å². The Kier molecular flexibility index (Phi) is 5.83. The third-order valence-electron chi connectivity index (χ3n) is 0.827. The first-order valence-electron chi connectivity index (χ1n) is 3.01. The van der Waals surface area contributed by atoms with E-state index in [1.54, 1.807) is 0 Å². The van der Waals surface area contributed by atoms with Crippen LogP contribution in [0.2, 0.25) is 0 Å². The largest absolute Gasteiger partial charge is 0.481 e. The van der Waals surface area contributed by atoms with Crippen LogP contribution in [-0.2, 0) is 4.79 Å². The molecular weight excluding hydrogens is 136 g/mol. The van der Waals surface area contributed by atoms with Crippen LogP contribution in [0.5, 0.6) is 0 Å². The van der Waals surface area contributed by atoms with Gasteiger partial charge >= 0.3 is 0 Å². The molecule has 3 heteroatoms. The van der Waals surface area contributed by atoms with Crippen molar-refractivity contribution in [2.45, 2.75) is 19.8 Å². The number of rotatable bonds is 0. The molecule has 2 nitrogen and oxygen atoms in total. The molecule has 0 radical (unpaired) electrons. The van der Waals surface area contributed by atoms with Crippen molar-refractivity contribution in [3.05, 3.63) is 0 Å². The van der Waals surface area contributed by atoms with Gasteiger partial charge in [0, 0.05) is 6.92 Å². The van der Waals surface area contributed by atoms with Gasteiger partial charge in [-0.2, -0.15) is 11.8 Å². The van der Waals surface area contributed by atoms with E-state index in [9.17, 15) is 0 Å².